The molecule has 1 aliphatic heterocycles. The van der Waals surface area contributed by atoms with Gasteiger partial charge in [0.1, 0.15) is 0 Å². The summed E-state index contributed by atoms with van der Waals surface area (Å²) in [6.45, 7) is 8.35. The first-order chi connectivity index (χ1) is 7.43. The number of cyclic esters (lactones) is 1. The Morgan fingerprint density at radius 2 is 2.00 bits per heavy atom. The SMILES string of the molecule is CC(C)C(C)C(C)C(=O)OC1CCOC1=O. The molecular formula is C12H20O4. The van der Waals surface area contributed by atoms with Crippen LogP contribution in [0.5, 0.6) is 0 Å². The minimum absolute atomic E-state index is 0.187. The zero-order chi connectivity index (χ0) is 12.3. The van der Waals surface area contributed by atoms with Crippen LogP contribution in [-0.4, -0.2) is 24.6 Å². The van der Waals surface area contributed by atoms with E-state index in [9.17, 15) is 9.59 Å². The quantitative estimate of drug-likeness (QED) is 0.688. The topological polar surface area (TPSA) is 52.6 Å². The Morgan fingerprint density at radius 3 is 2.44 bits per heavy atom. The smallest absolute Gasteiger partial charge is 0.347 e. The number of rotatable bonds is 4. The third-order valence-electron chi connectivity index (χ3n) is 3.36. The number of carbonyl (C=O) groups is 2. The van der Waals surface area contributed by atoms with Crippen LogP contribution in [-0.2, 0) is 19.1 Å². The van der Waals surface area contributed by atoms with Gasteiger partial charge in [0.15, 0.2) is 0 Å². The number of hydrogen-bond donors (Lipinski definition) is 0. The van der Waals surface area contributed by atoms with E-state index < -0.39 is 12.1 Å². The fourth-order valence-electron chi connectivity index (χ4n) is 1.62. The second kappa shape index (κ2) is 5.32. The van der Waals surface area contributed by atoms with E-state index >= 15 is 0 Å². The third-order valence-corrected chi connectivity index (χ3v) is 3.36. The molecule has 0 spiro atoms. The van der Waals surface area contributed by atoms with Gasteiger partial charge in [-0.3, -0.25) is 4.79 Å². The minimum atomic E-state index is -0.686. The van der Waals surface area contributed by atoms with Gasteiger partial charge in [-0.05, 0) is 11.8 Å². The lowest BCUT2D eigenvalue weighted by Gasteiger charge is -2.22. The summed E-state index contributed by atoms with van der Waals surface area (Å²) in [5, 5.41) is 0. The maximum atomic E-state index is 11.8. The highest BCUT2D eigenvalue weighted by molar-refractivity contribution is 5.81. The Bertz CT molecular complexity index is 272. The van der Waals surface area contributed by atoms with Crippen molar-refractivity contribution < 1.29 is 19.1 Å². The van der Waals surface area contributed by atoms with Crippen LogP contribution in [0.2, 0.25) is 0 Å². The second-order valence-electron chi connectivity index (χ2n) is 4.77. The largest absolute Gasteiger partial charge is 0.463 e. The Labute approximate surface area is 96.3 Å². The van der Waals surface area contributed by atoms with E-state index in [2.05, 4.69) is 13.8 Å². The van der Waals surface area contributed by atoms with E-state index in [0.29, 0.717) is 18.9 Å². The molecule has 1 aliphatic rings. The average Bonchev–Trinajstić information content (AvgIpc) is 2.62. The van der Waals surface area contributed by atoms with Crippen LogP contribution in [0.25, 0.3) is 0 Å². The molecule has 3 atom stereocenters. The molecule has 0 amide bonds. The summed E-state index contributed by atoms with van der Waals surface area (Å²) in [6, 6.07) is 0. The molecule has 1 fully saturated rings. The normalized spacial score (nSPS) is 24.1. The van der Waals surface area contributed by atoms with Gasteiger partial charge in [-0.2, -0.15) is 0 Å². The lowest BCUT2D eigenvalue weighted by molar-refractivity contribution is -0.164. The maximum absolute atomic E-state index is 11.8. The molecule has 16 heavy (non-hydrogen) atoms. The highest BCUT2D eigenvalue weighted by atomic mass is 16.6. The van der Waals surface area contributed by atoms with Crippen molar-refractivity contribution >= 4 is 11.9 Å². The van der Waals surface area contributed by atoms with Crippen molar-refractivity contribution in [2.24, 2.45) is 17.8 Å². The predicted molar refractivity (Wildman–Crippen MR) is 58.6 cm³/mol. The second-order valence-corrected chi connectivity index (χ2v) is 4.77. The van der Waals surface area contributed by atoms with Gasteiger partial charge in [-0.1, -0.05) is 27.7 Å². The van der Waals surface area contributed by atoms with E-state index in [4.69, 9.17) is 9.47 Å². The predicted octanol–water partition coefficient (Wildman–Crippen LogP) is 1.77. The van der Waals surface area contributed by atoms with E-state index in [-0.39, 0.29) is 17.8 Å². The molecule has 0 N–H and O–H groups in total. The van der Waals surface area contributed by atoms with Gasteiger partial charge >= 0.3 is 11.9 Å². The van der Waals surface area contributed by atoms with Crippen LogP contribution >= 0.6 is 0 Å². The molecule has 0 saturated carbocycles. The van der Waals surface area contributed by atoms with E-state index in [1.165, 1.54) is 0 Å². The summed E-state index contributed by atoms with van der Waals surface area (Å²) >= 11 is 0. The first kappa shape index (κ1) is 13.0. The van der Waals surface area contributed by atoms with Crippen LogP contribution in [0, 0.1) is 17.8 Å². The molecule has 0 aromatic carbocycles. The van der Waals surface area contributed by atoms with Gasteiger partial charge in [0.25, 0.3) is 0 Å². The summed E-state index contributed by atoms with van der Waals surface area (Å²) < 4.78 is 9.88. The van der Waals surface area contributed by atoms with Crippen molar-refractivity contribution in [2.75, 3.05) is 6.61 Å². The zero-order valence-corrected chi connectivity index (χ0v) is 10.4. The molecule has 1 heterocycles. The Morgan fingerprint density at radius 1 is 1.38 bits per heavy atom. The van der Waals surface area contributed by atoms with Crippen LogP contribution < -0.4 is 0 Å². The van der Waals surface area contributed by atoms with E-state index in [1.807, 2.05) is 13.8 Å². The van der Waals surface area contributed by atoms with E-state index in [1.54, 1.807) is 0 Å². The van der Waals surface area contributed by atoms with Gasteiger partial charge < -0.3 is 9.47 Å². The lowest BCUT2D eigenvalue weighted by atomic mass is 9.86. The summed E-state index contributed by atoms with van der Waals surface area (Å²) in [7, 11) is 0. The first-order valence-electron chi connectivity index (χ1n) is 5.80. The van der Waals surface area contributed by atoms with Gasteiger partial charge in [-0.25, -0.2) is 4.79 Å². The average molecular weight is 228 g/mol. The van der Waals surface area contributed by atoms with Crippen LogP contribution in [0.4, 0.5) is 0 Å². The molecule has 0 aromatic heterocycles. The van der Waals surface area contributed by atoms with Crippen molar-refractivity contribution in [1.29, 1.82) is 0 Å². The Balaban J connectivity index is 2.48. The Kier molecular flexibility index (Phi) is 4.33. The fraction of sp³-hybridized carbons (Fsp3) is 0.833. The molecule has 4 heteroatoms. The monoisotopic (exact) mass is 228 g/mol. The van der Waals surface area contributed by atoms with Crippen molar-refractivity contribution in [2.45, 2.75) is 40.2 Å². The molecule has 0 aromatic rings. The van der Waals surface area contributed by atoms with Crippen molar-refractivity contribution in [3.63, 3.8) is 0 Å². The third kappa shape index (κ3) is 2.97. The van der Waals surface area contributed by atoms with Crippen LogP contribution in [0.1, 0.15) is 34.1 Å². The number of ether oxygens (including phenoxy) is 2. The van der Waals surface area contributed by atoms with Crippen LogP contribution in [0.3, 0.4) is 0 Å². The highest BCUT2D eigenvalue weighted by Crippen LogP contribution is 2.22. The molecule has 1 saturated heterocycles. The van der Waals surface area contributed by atoms with Crippen molar-refractivity contribution in [3.05, 3.63) is 0 Å². The molecule has 0 radical (unpaired) electrons. The molecule has 4 nitrogen and oxygen atoms in total. The lowest BCUT2D eigenvalue weighted by Crippen LogP contribution is -2.30. The van der Waals surface area contributed by atoms with Gasteiger partial charge in [0.05, 0.1) is 12.5 Å². The highest BCUT2D eigenvalue weighted by Gasteiger charge is 2.33. The number of hydrogen-bond acceptors (Lipinski definition) is 4. The number of esters is 2. The Hall–Kier alpha value is -1.06. The van der Waals surface area contributed by atoms with Gasteiger partial charge in [0.2, 0.25) is 6.10 Å². The van der Waals surface area contributed by atoms with Crippen LogP contribution in [0.15, 0.2) is 0 Å². The standard InChI is InChI=1S/C12H20O4/c1-7(2)8(3)9(4)11(13)16-10-5-6-15-12(10)14/h7-10H,5-6H2,1-4H3. The molecule has 0 aliphatic carbocycles. The van der Waals surface area contributed by atoms with Crippen molar-refractivity contribution in [3.8, 4) is 0 Å². The number of carbonyl (C=O) groups excluding carboxylic acids is 2. The summed E-state index contributed by atoms with van der Waals surface area (Å²) in [6.07, 6.45) is -0.206. The summed E-state index contributed by atoms with van der Waals surface area (Å²) in [4.78, 5) is 22.9. The summed E-state index contributed by atoms with van der Waals surface area (Å²) in [5.41, 5.74) is 0. The summed E-state index contributed by atoms with van der Waals surface area (Å²) in [5.74, 6) is -0.251. The maximum Gasteiger partial charge on any atom is 0.347 e. The fourth-order valence-corrected chi connectivity index (χ4v) is 1.62. The minimum Gasteiger partial charge on any atom is -0.463 e. The molecule has 3 unspecified atom stereocenters. The van der Waals surface area contributed by atoms with Crippen molar-refractivity contribution in [1.82, 2.24) is 0 Å². The van der Waals surface area contributed by atoms with E-state index in [0.717, 1.165) is 0 Å². The molecule has 0 bridgehead atoms. The zero-order valence-electron chi connectivity index (χ0n) is 10.4. The van der Waals surface area contributed by atoms with Gasteiger partial charge in [-0.15, -0.1) is 0 Å². The molecule has 92 valence electrons. The first-order valence-corrected chi connectivity index (χ1v) is 5.80. The van der Waals surface area contributed by atoms with Gasteiger partial charge in [0, 0.05) is 6.42 Å². The molecule has 1 rings (SSSR count). The molecular weight excluding hydrogens is 208 g/mol.